The fraction of sp³-hybridized carbons (Fsp3) is 0.600. The molecule has 0 aliphatic carbocycles. The van der Waals surface area contributed by atoms with Gasteiger partial charge in [-0.25, -0.2) is 4.79 Å². The maximum Gasteiger partial charge on any atom is 0.407 e. The zero-order valence-electron chi connectivity index (χ0n) is 17.6. The second kappa shape index (κ2) is 14.3. The molecule has 0 spiro atoms. The zero-order chi connectivity index (χ0) is 20.1. The monoisotopic (exact) mass is 506 g/mol. The number of alkyl carbamates (subject to hydrolysis) is 1. The lowest BCUT2D eigenvalue weighted by atomic mass is 10.1. The number of benzene rings is 1. The van der Waals surface area contributed by atoms with E-state index in [-0.39, 0.29) is 24.0 Å². The van der Waals surface area contributed by atoms with Gasteiger partial charge in [0, 0.05) is 26.2 Å². The van der Waals surface area contributed by atoms with Crippen LogP contribution in [0.1, 0.15) is 39.7 Å². The molecule has 0 radical (unpaired) electrons. The van der Waals surface area contributed by atoms with E-state index in [0.717, 1.165) is 31.1 Å². The highest BCUT2D eigenvalue weighted by molar-refractivity contribution is 14.0. The highest BCUT2D eigenvalue weighted by Crippen LogP contribution is 2.13. The predicted molar refractivity (Wildman–Crippen MR) is 125 cm³/mol. The molecular formula is C20H35IN4O3. The smallest absolute Gasteiger partial charge is 0.407 e. The lowest BCUT2D eigenvalue weighted by molar-refractivity contribution is 0.0529. The molecule has 0 aliphatic rings. The number of aliphatic imine (C=N–C) groups is 1. The van der Waals surface area contributed by atoms with Crippen molar-refractivity contribution in [3.05, 3.63) is 29.8 Å². The van der Waals surface area contributed by atoms with Gasteiger partial charge < -0.3 is 25.4 Å². The molecular weight excluding hydrogens is 471 g/mol. The number of halogens is 1. The molecule has 0 saturated heterocycles. The molecule has 28 heavy (non-hydrogen) atoms. The molecule has 0 unspecified atom stereocenters. The van der Waals surface area contributed by atoms with Crippen molar-refractivity contribution in [3.8, 4) is 5.75 Å². The van der Waals surface area contributed by atoms with Gasteiger partial charge >= 0.3 is 6.09 Å². The molecule has 0 aliphatic heterocycles. The SMILES string of the molecule is CCNC(=NCCCc1cccc(OC)c1)NCCNC(=O)OC(C)(C)C.I. The van der Waals surface area contributed by atoms with Crippen molar-refractivity contribution < 1.29 is 14.3 Å². The standard InChI is InChI=1S/C20H34N4O3.HI/c1-6-21-18(23-13-14-24-19(25)27-20(2,3)4)22-12-8-10-16-9-7-11-17(15-16)26-5;/h7,9,11,15H,6,8,10,12-14H2,1-5H3,(H,24,25)(H2,21,22,23);1H. The van der Waals surface area contributed by atoms with Gasteiger partial charge in [-0.2, -0.15) is 0 Å². The molecule has 1 rings (SSSR count). The van der Waals surface area contributed by atoms with E-state index in [1.807, 2.05) is 39.8 Å². The zero-order valence-corrected chi connectivity index (χ0v) is 20.0. The number of carbonyl (C=O) groups is 1. The molecule has 0 saturated carbocycles. The van der Waals surface area contributed by atoms with Gasteiger partial charge in [0.2, 0.25) is 0 Å². The molecule has 160 valence electrons. The van der Waals surface area contributed by atoms with E-state index in [0.29, 0.717) is 19.6 Å². The Morgan fingerprint density at radius 1 is 1.14 bits per heavy atom. The molecule has 1 aromatic rings. The van der Waals surface area contributed by atoms with Crippen molar-refractivity contribution in [2.45, 2.75) is 46.1 Å². The van der Waals surface area contributed by atoms with Crippen molar-refractivity contribution in [1.29, 1.82) is 0 Å². The summed E-state index contributed by atoms with van der Waals surface area (Å²) in [5, 5.41) is 9.12. The first-order chi connectivity index (χ1) is 12.8. The number of nitrogens with zero attached hydrogens (tertiary/aromatic N) is 1. The van der Waals surface area contributed by atoms with Gasteiger partial charge in [0.05, 0.1) is 7.11 Å². The normalized spacial score (nSPS) is 11.2. The van der Waals surface area contributed by atoms with Gasteiger partial charge in [0.25, 0.3) is 0 Å². The van der Waals surface area contributed by atoms with Crippen molar-refractivity contribution in [2.24, 2.45) is 4.99 Å². The van der Waals surface area contributed by atoms with E-state index in [2.05, 4.69) is 33.1 Å². The van der Waals surface area contributed by atoms with Gasteiger partial charge in [-0.3, -0.25) is 4.99 Å². The maximum atomic E-state index is 11.6. The Bertz CT molecular complexity index is 603. The third-order valence-electron chi connectivity index (χ3n) is 3.46. The van der Waals surface area contributed by atoms with Gasteiger partial charge in [0.15, 0.2) is 5.96 Å². The number of amides is 1. The number of ether oxygens (including phenoxy) is 2. The van der Waals surface area contributed by atoms with Crippen LogP contribution in [0.2, 0.25) is 0 Å². The van der Waals surface area contributed by atoms with Crippen LogP contribution in [0.25, 0.3) is 0 Å². The fourth-order valence-corrected chi connectivity index (χ4v) is 2.30. The van der Waals surface area contributed by atoms with Gasteiger partial charge in [-0.1, -0.05) is 12.1 Å². The Kier molecular flexibility index (Phi) is 13.4. The molecule has 0 aromatic heterocycles. The van der Waals surface area contributed by atoms with Gasteiger partial charge in [-0.05, 0) is 58.2 Å². The Hall–Kier alpha value is -1.71. The van der Waals surface area contributed by atoms with Crippen LogP contribution in [0.4, 0.5) is 4.79 Å². The number of guanidine groups is 1. The number of rotatable bonds is 9. The first kappa shape index (κ1) is 26.3. The molecule has 0 heterocycles. The van der Waals surface area contributed by atoms with Crippen molar-refractivity contribution in [1.82, 2.24) is 16.0 Å². The summed E-state index contributed by atoms with van der Waals surface area (Å²) in [5.74, 6) is 1.62. The summed E-state index contributed by atoms with van der Waals surface area (Å²) in [4.78, 5) is 16.2. The van der Waals surface area contributed by atoms with E-state index in [4.69, 9.17) is 9.47 Å². The summed E-state index contributed by atoms with van der Waals surface area (Å²) in [6, 6.07) is 8.09. The summed E-state index contributed by atoms with van der Waals surface area (Å²) >= 11 is 0. The highest BCUT2D eigenvalue weighted by atomic mass is 127. The van der Waals surface area contributed by atoms with E-state index in [1.54, 1.807) is 7.11 Å². The predicted octanol–water partition coefficient (Wildman–Crippen LogP) is 3.33. The van der Waals surface area contributed by atoms with Crippen LogP contribution in [-0.2, 0) is 11.2 Å². The molecule has 3 N–H and O–H groups in total. The van der Waals surface area contributed by atoms with E-state index < -0.39 is 11.7 Å². The largest absolute Gasteiger partial charge is 0.497 e. The van der Waals surface area contributed by atoms with Crippen LogP contribution in [-0.4, -0.2) is 50.9 Å². The van der Waals surface area contributed by atoms with Crippen LogP contribution in [0.15, 0.2) is 29.3 Å². The molecule has 0 atom stereocenters. The van der Waals surface area contributed by atoms with Crippen molar-refractivity contribution >= 4 is 36.0 Å². The summed E-state index contributed by atoms with van der Waals surface area (Å²) in [5.41, 5.74) is 0.750. The van der Waals surface area contributed by atoms with Crippen molar-refractivity contribution in [3.63, 3.8) is 0 Å². The first-order valence-corrected chi connectivity index (χ1v) is 9.46. The second-order valence-corrected chi connectivity index (χ2v) is 7.07. The summed E-state index contributed by atoms with van der Waals surface area (Å²) in [6.45, 7) is 10.1. The first-order valence-electron chi connectivity index (χ1n) is 9.46. The fourth-order valence-electron chi connectivity index (χ4n) is 2.30. The van der Waals surface area contributed by atoms with Crippen LogP contribution in [0, 0.1) is 0 Å². The molecule has 1 amide bonds. The molecule has 1 aromatic carbocycles. The van der Waals surface area contributed by atoms with Crippen LogP contribution < -0.4 is 20.7 Å². The molecule has 0 bridgehead atoms. The topological polar surface area (TPSA) is 84.0 Å². The number of nitrogens with one attached hydrogen (secondary N) is 3. The lowest BCUT2D eigenvalue weighted by Gasteiger charge is -2.19. The molecule has 7 nitrogen and oxygen atoms in total. The maximum absolute atomic E-state index is 11.6. The Balaban J connectivity index is 0.00000729. The Labute approximate surface area is 186 Å². The Morgan fingerprint density at radius 3 is 2.50 bits per heavy atom. The minimum Gasteiger partial charge on any atom is -0.497 e. The van der Waals surface area contributed by atoms with Crippen LogP contribution in [0.3, 0.4) is 0 Å². The average molecular weight is 506 g/mol. The average Bonchev–Trinajstić information content (AvgIpc) is 2.61. The lowest BCUT2D eigenvalue weighted by Crippen LogP contribution is -2.42. The summed E-state index contributed by atoms with van der Waals surface area (Å²) in [7, 11) is 1.68. The van der Waals surface area contributed by atoms with E-state index in [9.17, 15) is 4.79 Å². The van der Waals surface area contributed by atoms with Gasteiger partial charge in [-0.15, -0.1) is 24.0 Å². The number of aryl methyl sites for hydroxylation is 1. The van der Waals surface area contributed by atoms with Crippen molar-refractivity contribution in [2.75, 3.05) is 33.3 Å². The number of methoxy groups -OCH3 is 1. The van der Waals surface area contributed by atoms with Crippen LogP contribution in [0.5, 0.6) is 5.75 Å². The minimum absolute atomic E-state index is 0. The minimum atomic E-state index is -0.489. The third-order valence-corrected chi connectivity index (χ3v) is 3.46. The second-order valence-electron chi connectivity index (χ2n) is 7.07. The van der Waals surface area contributed by atoms with Crippen LogP contribution >= 0.6 is 24.0 Å². The number of hydrogen-bond acceptors (Lipinski definition) is 4. The molecule has 0 fully saturated rings. The quantitative estimate of drug-likeness (QED) is 0.207. The van der Waals surface area contributed by atoms with Gasteiger partial charge in [0.1, 0.15) is 11.4 Å². The number of hydrogen-bond donors (Lipinski definition) is 3. The van der Waals surface area contributed by atoms with E-state index in [1.165, 1.54) is 5.56 Å². The highest BCUT2D eigenvalue weighted by Gasteiger charge is 2.15. The summed E-state index contributed by atoms with van der Waals surface area (Å²) < 4.78 is 10.4. The molecule has 8 heteroatoms. The third kappa shape index (κ3) is 12.6. The van der Waals surface area contributed by atoms with E-state index >= 15 is 0 Å². The number of carbonyl (C=O) groups excluding carboxylic acids is 1. The Morgan fingerprint density at radius 2 is 1.86 bits per heavy atom. The summed E-state index contributed by atoms with van der Waals surface area (Å²) in [6.07, 6.45) is 1.48.